The molecule has 0 bridgehead atoms. The number of piperidine rings is 1. The second-order valence-electron chi connectivity index (χ2n) is 6.18. The summed E-state index contributed by atoms with van der Waals surface area (Å²) in [6.07, 6.45) is 3.69. The third kappa shape index (κ3) is 3.78. The molecule has 5 nitrogen and oxygen atoms in total. The standard InChI is InChI=1S/C16H19Cl2N3O2/c1-10(22)20-6-4-13(5-7-20)21(12-2-3-12)16(23)11-8-14(17)19-15(18)9-11/h8-9,12-13H,2-7H2,1H3. The van der Waals surface area contributed by atoms with E-state index >= 15 is 0 Å². The van der Waals surface area contributed by atoms with Crippen molar-refractivity contribution in [2.45, 2.75) is 44.7 Å². The molecular weight excluding hydrogens is 337 g/mol. The molecule has 1 aromatic heterocycles. The number of aromatic nitrogens is 1. The molecular formula is C16H19Cl2N3O2. The lowest BCUT2D eigenvalue weighted by molar-refractivity contribution is -0.130. The highest BCUT2D eigenvalue weighted by Crippen LogP contribution is 2.33. The minimum atomic E-state index is -0.0417. The second kappa shape index (κ2) is 6.65. The van der Waals surface area contributed by atoms with Gasteiger partial charge in [0.2, 0.25) is 5.91 Å². The molecule has 2 heterocycles. The number of rotatable bonds is 3. The van der Waals surface area contributed by atoms with E-state index in [-0.39, 0.29) is 28.2 Å². The van der Waals surface area contributed by atoms with E-state index in [9.17, 15) is 9.59 Å². The van der Waals surface area contributed by atoms with Gasteiger partial charge in [0.05, 0.1) is 0 Å². The van der Waals surface area contributed by atoms with Crippen LogP contribution in [0.3, 0.4) is 0 Å². The molecule has 0 atom stereocenters. The highest BCUT2D eigenvalue weighted by molar-refractivity contribution is 6.33. The average Bonchev–Trinajstić information content (AvgIpc) is 3.31. The van der Waals surface area contributed by atoms with E-state index in [1.807, 2.05) is 9.80 Å². The minimum absolute atomic E-state index is 0.0417. The van der Waals surface area contributed by atoms with Crippen molar-refractivity contribution in [2.75, 3.05) is 13.1 Å². The van der Waals surface area contributed by atoms with Crippen LogP contribution in [0, 0.1) is 0 Å². The fourth-order valence-electron chi connectivity index (χ4n) is 3.18. The Bertz CT molecular complexity index is 606. The van der Waals surface area contributed by atoms with Gasteiger partial charge in [-0.2, -0.15) is 0 Å². The number of pyridine rings is 1. The fraction of sp³-hybridized carbons (Fsp3) is 0.562. The molecule has 0 spiro atoms. The molecule has 23 heavy (non-hydrogen) atoms. The van der Waals surface area contributed by atoms with E-state index in [0.717, 1.165) is 25.7 Å². The first-order chi connectivity index (χ1) is 11.0. The number of halogens is 2. The Hall–Kier alpha value is -1.33. The number of carbonyl (C=O) groups is 2. The van der Waals surface area contributed by atoms with Crippen LogP contribution < -0.4 is 0 Å². The predicted octanol–water partition coefficient (Wildman–Crippen LogP) is 3.00. The van der Waals surface area contributed by atoms with E-state index in [1.54, 1.807) is 19.1 Å². The summed E-state index contributed by atoms with van der Waals surface area (Å²) in [5.41, 5.74) is 0.482. The smallest absolute Gasteiger partial charge is 0.254 e. The van der Waals surface area contributed by atoms with Gasteiger partial charge in [-0.15, -0.1) is 0 Å². The van der Waals surface area contributed by atoms with Crippen molar-refractivity contribution < 1.29 is 9.59 Å². The van der Waals surface area contributed by atoms with Crippen LogP contribution in [0.5, 0.6) is 0 Å². The highest BCUT2D eigenvalue weighted by Gasteiger charge is 2.39. The molecule has 1 aliphatic heterocycles. The maximum Gasteiger partial charge on any atom is 0.254 e. The number of likely N-dealkylation sites (tertiary alicyclic amines) is 1. The van der Waals surface area contributed by atoms with Gasteiger partial charge in [0.25, 0.3) is 5.91 Å². The summed E-state index contributed by atoms with van der Waals surface area (Å²) in [6.45, 7) is 2.99. The molecule has 7 heteroatoms. The van der Waals surface area contributed by atoms with Crippen LogP contribution in [-0.2, 0) is 4.79 Å². The van der Waals surface area contributed by atoms with Crippen LogP contribution in [-0.4, -0.2) is 51.8 Å². The Morgan fingerprint density at radius 3 is 2.09 bits per heavy atom. The molecule has 0 radical (unpaired) electrons. The van der Waals surface area contributed by atoms with Crippen molar-refractivity contribution in [2.24, 2.45) is 0 Å². The zero-order valence-electron chi connectivity index (χ0n) is 13.0. The first-order valence-corrected chi connectivity index (χ1v) is 8.62. The SMILES string of the molecule is CC(=O)N1CCC(N(C(=O)c2cc(Cl)nc(Cl)c2)C2CC2)CC1. The number of nitrogens with zero attached hydrogens (tertiary/aromatic N) is 3. The minimum Gasteiger partial charge on any atom is -0.343 e. The van der Waals surface area contributed by atoms with Gasteiger partial charge in [0, 0.05) is 37.7 Å². The quantitative estimate of drug-likeness (QED) is 0.783. The lowest BCUT2D eigenvalue weighted by atomic mass is 10.0. The van der Waals surface area contributed by atoms with Crippen LogP contribution in [0.25, 0.3) is 0 Å². The molecule has 0 unspecified atom stereocenters. The van der Waals surface area contributed by atoms with Crippen LogP contribution in [0.4, 0.5) is 0 Å². The lowest BCUT2D eigenvalue weighted by Gasteiger charge is -2.38. The van der Waals surface area contributed by atoms with Crippen LogP contribution >= 0.6 is 23.2 Å². The van der Waals surface area contributed by atoms with Crippen molar-refractivity contribution in [1.29, 1.82) is 0 Å². The first-order valence-electron chi connectivity index (χ1n) is 7.87. The zero-order valence-corrected chi connectivity index (χ0v) is 14.5. The topological polar surface area (TPSA) is 53.5 Å². The van der Waals surface area contributed by atoms with E-state index in [2.05, 4.69) is 4.98 Å². The Morgan fingerprint density at radius 2 is 1.61 bits per heavy atom. The summed E-state index contributed by atoms with van der Waals surface area (Å²) in [6, 6.07) is 3.59. The van der Waals surface area contributed by atoms with Crippen LogP contribution in [0.1, 0.15) is 43.0 Å². The third-order valence-corrected chi connectivity index (χ3v) is 4.88. The van der Waals surface area contributed by atoms with Gasteiger partial charge in [0.15, 0.2) is 0 Å². The van der Waals surface area contributed by atoms with Crippen molar-refractivity contribution in [3.63, 3.8) is 0 Å². The van der Waals surface area contributed by atoms with Crippen LogP contribution in [0.2, 0.25) is 10.3 Å². The van der Waals surface area contributed by atoms with E-state index < -0.39 is 0 Å². The largest absolute Gasteiger partial charge is 0.343 e. The Morgan fingerprint density at radius 1 is 1.09 bits per heavy atom. The van der Waals surface area contributed by atoms with Gasteiger partial charge in [-0.1, -0.05) is 23.2 Å². The van der Waals surface area contributed by atoms with Crippen molar-refractivity contribution >= 4 is 35.0 Å². The summed E-state index contributed by atoms with van der Waals surface area (Å²) < 4.78 is 0. The van der Waals surface area contributed by atoms with Gasteiger partial charge in [0.1, 0.15) is 10.3 Å². The van der Waals surface area contributed by atoms with Gasteiger partial charge < -0.3 is 9.80 Å². The summed E-state index contributed by atoms with van der Waals surface area (Å²) in [5, 5.41) is 0.450. The molecule has 2 fully saturated rings. The molecule has 3 rings (SSSR count). The lowest BCUT2D eigenvalue weighted by Crippen LogP contribution is -2.49. The van der Waals surface area contributed by atoms with Crippen molar-refractivity contribution in [3.8, 4) is 0 Å². The average molecular weight is 356 g/mol. The van der Waals surface area contributed by atoms with Gasteiger partial charge >= 0.3 is 0 Å². The molecule has 2 aliphatic rings. The Balaban J connectivity index is 1.77. The number of amides is 2. The number of hydrogen-bond donors (Lipinski definition) is 0. The second-order valence-corrected chi connectivity index (χ2v) is 6.96. The van der Waals surface area contributed by atoms with Gasteiger partial charge in [-0.25, -0.2) is 4.98 Å². The third-order valence-electron chi connectivity index (χ3n) is 4.49. The van der Waals surface area contributed by atoms with Crippen molar-refractivity contribution in [3.05, 3.63) is 28.0 Å². The number of hydrogen-bond acceptors (Lipinski definition) is 3. The maximum atomic E-state index is 12.9. The zero-order chi connectivity index (χ0) is 16.6. The molecule has 124 valence electrons. The molecule has 1 saturated heterocycles. The van der Waals surface area contributed by atoms with E-state index in [1.165, 1.54) is 0 Å². The van der Waals surface area contributed by atoms with Gasteiger partial charge in [-0.3, -0.25) is 9.59 Å². The normalized spacial score (nSPS) is 18.8. The molecule has 2 amide bonds. The highest BCUT2D eigenvalue weighted by atomic mass is 35.5. The summed E-state index contributed by atoms with van der Waals surface area (Å²) in [4.78, 5) is 32.1. The monoisotopic (exact) mass is 355 g/mol. The molecule has 1 saturated carbocycles. The van der Waals surface area contributed by atoms with Crippen LogP contribution in [0.15, 0.2) is 12.1 Å². The summed E-state index contributed by atoms with van der Waals surface area (Å²) in [7, 11) is 0. The number of carbonyl (C=O) groups excluding carboxylic acids is 2. The fourth-order valence-corrected chi connectivity index (χ4v) is 3.64. The van der Waals surface area contributed by atoms with E-state index in [4.69, 9.17) is 23.2 Å². The van der Waals surface area contributed by atoms with E-state index in [0.29, 0.717) is 24.7 Å². The Labute approximate surface area is 145 Å². The summed E-state index contributed by atoms with van der Waals surface area (Å²) >= 11 is 11.8. The molecule has 1 aromatic rings. The molecule has 0 aromatic carbocycles. The maximum absolute atomic E-state index is 12.9. The Kier molecular flexibility index (Phi) is 4.78. The van der Waals surface area contributed by atoms with Crippen molar-refractivity contribution in [1.82, 2.24) is 14.8 Å². The first kappa shape index (κ1) is 16.5. The molecule has 0 N–H and O–H groups in total. The summed E-state index contributed by atoms with van der Waals surface area (Å²) in [5.74, 6) is 0.0559. The predicted molar refractivity (Wildman–Crippen MR) is 88.7 cm³/mol. The van der Waals surface area contributed by atoms with Gasteiger partial charge in [-0.05, 0) is 37.8 Å². The molecule has 1 aliphatic carbocycles.